The predicted molar refractivity (Wildman–Crippen MR) is 69.0 cm³/mol. The van der Waals surface area contributed by atoms with Crippen LogP contribution in [0.5, 0.6) is 0 Å². The number of hydrogen-bond acceptors (Lipinski definition) is 0. The van der Waals surface area contributed by atoms with Crippen LogP contribution in [0, 0.1) is 19.7 Å². The predicted octanol–water partition coefficient (Wildman–Crippen LogP) is 4.81. The molecule has 1 rings (SSSR count). The van der Waals surface area contributed by atoms with Crippen molar-refractivity contribution in [1.82, 2.24) is 0 Å². The summed E-state index contributed by atoms with van der Waals surface area (Å²) in [5, 5.41) is 0. The van der Waals surface area contributed by atoms with Gasteiger partial charge in [-0.25, -0.2) is 4.39 Å². The lowest BCUT2D eigenvalue weighted by atomic mass is 9.91. The maximum absolute atomic E-state index is 13.5. The molecular formula is C15H19F. The van der Waals surface area contributed by atoms with Crippen LogP contribution in [0.2, 0.25) is 0 Å². The highest BCUT2D eigenvalue weighted by Crippen LogP contribution is 2.28. The second-order valence-corrected chi connectivity index (χ2v) is 4.39. The molecule has 1 aromatic carbocycles. The van der Waals surface area contributed by atoms with Gasteiger partial charge < -0.3 is 0 Å². The zero-order valence-corrected chi connectivity index (χ0v) is 10.7. The van der Waals surface area contributed by atoms with E-state index in [1.165, 1.54) is 6.07 Å². The highest BCUT2D eigenvalue weighted by Gasteiger charge is 2.11. The SMILES string of the molecule is C=C(C)/C(C)=C(\C)c1c(C)ccc(F)c1C. The molecule has 0 fully saturated rings. The van der Waals surface area contributed by atoms with Gasteiger partial charge in [0.1, 0.15) is 5.82 Å². The minimum Gasteiger partial charge on any atom is -0.207 e. The third kappa shape index (κ3) is 2.24. The summed E-state index contributed by atoms with van der Waals surface area (Å²) in [6.45, 7) is 13.8. The molecule has 0 radical (unpaired) electrons. The smallest absolute Gasteiger partial charge is 0.126 e. The fourth-order valence-electron chi connectivity index (χ4n) is 1.91. The molecule has 0 nitrogen and oxygen atoms in total. The molecule has 0 heterocycles. The Morgan fingerprint density at radius 2 is 1.69 bits per heavy atom. The molecule has 1 heteroatoms. The molecule has 0 unspecified atom stereocenters. The van der Waals surface area contributed by atoms with Gasteiger partial charge in [0.2, 0.25) is 0 Å². The van der Waals surface area contributed by atoms with Crippen molar-refractivity contribution in [1.29, 1.82) is 0 Å². The molecule has 0 saturated heterocycles. The monoisotopic (exact) mass is 218 g/mol. The van der Waals surface area contributed by atoms with Crippen molar-refractivity contribution in [2.24, 2.45) is 0 Å². The van der Waals surface area contributed by atoms with E-state index in [1.807, 2.05) is 40.7 Å². The molecule has 0 spiro atoms. The zero-order valence-electron chi connectivity index (χ0n) is 10.7. The van der Waals surface area contributed by atoms with Crippen molar-refractivity contribution >= 4 is 5.57 Å². The summed E-state index contributed by atoms with van der Waals surface area (Å²) < 4.78 is 13.5. The van der Waals surface area contributed by atoms with Crippen molar-refractivity contribution in [3.8, 4) is 0 Å². The Hall–Kier alpha value is -1.37. The van der Waals surface area contributed by atoms with Gasteiger partial charge >= 0.3 is 0 Å². The molecule has 86 valence electrons. The first-order valence-corrected chi connectivity index (χ1v) is 5.45. The molecule has 16 heavy (non-hydrogen) atoms. The fourth-order valence-corrected chi connectivity index (χ4v) is 1.91. The van der Waals surface area contributed by atoms with Crippen LogP contribution in [0.15, 0.2) is 29.9 Å². The number of allylic oxidation sites excluding steroid dienone is 3. The van der Waals surface area contributed by atoms with Gasteiger partial charge in [-0.05, 0) is 68.5 Å². The van der Waals surface area contributed by atoms with Crippen LogP contribution in [-0.2, 0) is 0 Å². The van der Waals surface area contributed by atoms with Gasteiger partial charge in [0.05, 0.1) is 0 Å². The van der Waals surface area contributed by atoms with Crippen LogP contribution in [0.3, 0.4) is 0 Å². The lowest BCUT2D eigenvalue weighted by Crippen LogP contribution is -1.97. The minimum atomic E-state index is -0.144. The molecule has 0 saturated carbocycles. The normalized spacial score (nSPS) is 12.4. The Labute approximate surface area is 97.5 Å². The van der Waals surface area contributed by atoms with Crippen molar-refractivity contribution < 1.29 is 4.39 Å². The number of hydrogen-bond donors (Lipinski definition) is 0. The summed E-state index contributed by atoms with van der Waals surface area (Å²) in [6, 6.07) is 3.35. The molecule has 0 aliphatic heterocycles. The summed E-state index contributed by atoms with van der Waals surface area (Å²) in [4.78, 5) is 0. The molecular weight excluding hydrogens is 199 g/mol. The Bertz CT molecular complexity index is 465. The largest absolute Gasteiger partial charge is 0.207 e. The van der Waals surface area contributed by atoms with Crippen LogP contribution < -0.4 is 0 Å². The number of rotatable bonds is 2. The molecule has 0 N–H and O–H groups in total. The minimum absolute atomic E-state index is 0.144. The van der Waals surface area contributed by atoms with Crippen molar-refractivity contribution in [2.75, 3.05) is 0 Å². The summed E-state index contributed by atoms with van der Waals surface area (Å²) in [5.74, 6) is -0.144. The highest BCUT2D eigenvalue weighted by atomic mass is 19.1. The van der Waals surface area contributed by atoms with Gasteiger partial charge in [-0.2, -0.15) is 0 Å². The maximum Gasteiger partial charge on any atom is 0.126 e. The molecule has 0 aromatic heterocycles. The Morgan fingerprint density at radius 3 is 2.19 bits per heavy atom. The average molecular weight is 218 g/mol. The van der Waals surface area contributed by atoms with E-state index in [-0.39, 0.29) is 5.82 Å². The molecule has 0 aliphatic rings. The van der Waals surface area contributed by atoms with E-state index in [0.717, 1.165) is 33.4 Å². The van der Waals surface area contributed by atoms with E-state index in [1.54, 1.807) is 0 Å². The third-order valence-electron chi connectivity index (χ3n) is 3.18. The zero-order chi connectivity index (χ0) is 12.5. The van der Waals surface area contributed by atoms with Gasteiger partial charge in [-0.15, -0.1) is 0 Å². The second kappa shape index (κ2) is 4.65. The van der Waals surface area contributed by atoms with Crippen LogP contribution in [0.25, 0.3) is 5.57 Å². The van der Waals surface area contributed by atoms with E-state index < -0.39 is 0 Å². The topological polar surface area (TPSA) is 0 Å². The van der Waals surface area contributed by atoms with Crippen molar-refractivity contribution in [3.63, 3.8) is 0 Å². The first kappa shape index (κ1) is 12.7. The van der Waals surface area contributed by atoms with E-state index in [0.29, 0.717) is 0 Å². The quantitative estimate of drug-likeness (QED) is 0.625. The van der Waals surface area contributed by atoms with Crippen LogP contribution >= 0.6 is 0 Å². The van der Waals surface area contributed by atoms with Gasteiger partial charge in [0.25, 0.3) is 0 Å². The highest BCUT2D eigenvalue weighted by molar-refractivity contribution is 5.74. The Morgan fingerprint density at radius 1 is 1.12 bits per heavy atom. The number of halogens is 1. The lowest BCUT2D eigenvalue weighted by molar-refractivity contribution is 0.617. The van der Waals surface area contributed by atoms with Crippen LogP contribution in [0.1, 0.15) is 37.5 Å². The molecule has 0 amide bonds. The second-order valence-electron chi connectivity index (χ2n) is 4.39. The maximum atomic E-state index is 13.5. The van der Waals surface area contributed by atoms with E-state index >= 15 is 0 Å². The molecule has 0 atom stereocenters. The van der Waals surface area contributed by atoms with Gasteiger partial charge in [-0.3, -0.25) is 0 Å². The van der Waals surface area contributed by atoms with E-state index in [4.69, 9.17) is 0 Å². The third-order valence-corrected chi connectivity index (χ3v) is 3.18. The fraction of sp³-hybridized carbons (Fsp3) is 0.333. The lowest BCUT2D eigenvalue weighted by Gasteiger charge is -2.14. The van der Waals surface area contributed by atoms with E-state index in [9.17, 15) is 4.39 Å². The molecule has 0 bridgehead atoms. The Balaban J connectivity index is 3.51. The summed E-state index contributed by atoms with van der Waals surface area (Å²) >= 11 is 0. The van der Waals surface area contributed by atoms with Crippen LogP contribution in [-0.4, -0.2) is 0 Å². The van der Waals surface area contributed by atoms with Gasteiger partial charge in [0.15, 0.2) is 0 Å². The summed E-state index contributed by atoms with van der Waals surface area (Å²) in [7, 11) is 0. The van der Waals surface area contributed by atoms with Gasteiger partial charge in [-0.1, -0.05) is 18.2 Å². The van der Waals surface area contributed by atoms with Crippen molar-refractivity contribution in [2.45, 2.75) is 34.6 Å². The first-order chi connectivity index (χ1) is 7.36. The van der Waals surface area contributed by atoms with Crippen molar-refractivity contribution in [3.05, 3.63) is 52.4 Å². The summed E-state index contributed by atoms with van der Waals surface area (Å²) in [5.41, 5.74) is 6.12. The summed E-state index contributed by atoms with van der Waals surface area (Å²) in [6.07, 6.45) is 0. The van der Waals surface area contributed by atoms with Crippen LogP contribution in [0.4, 0.5) is 4.39 Å². The average Bonchev–Trinajstić information content (AvgIpc) is 2.22. The molecule has 0 aliphatic carbocycles. The Kier molecular flexibility index (Phi) is 3.69. The van der Waals surface area contributed by atoms with Gasteiger partial charge in [0, 0.05) is 0 Å². The molecule has 1 aromatic rings. The van der Waals surface area contributed by atoms with E-state index in [2.05, 4.69) is 6.58 Å². The standard InChI is InChI=1S/C15H19F/c1-9(2)11(4)12(5)15-10(3)7-8-14(16)13(15)6/h7-8H,1H2,2-6H3/b12-11+. The first-order valence-electron chi connectivity index (χ1n) is 5.45. The number of benzene rings is 1. The number of aryl methyl sites for hydroxylation is 1.